The molecule has 0 bridgehead atoms. The van der Waals surface area contributed by atoms with Gasteiger partial charge in [-0.2, -0.15) is 0 Å². The van der Waals surface area contributed by atoms with E-state index in [1.54, 1.807) is 0 Å². The fourth-order valence-electron chi connectivity index (χ4n) is 10.1. The number of hydrogen-bond donors (Lipinski definition) is 3. The molecule has 0 spiro atoms. The van der Waals surface area contributed by atoms with E-state index in [1.807, 2.05) is 0 Å². The summed E-state index contributed by atoms with van der Waals surface area (Å²) >= 11 is 0. The van der Waals surface area contributed by atoms with Gasteiger partial charge >= 0.3 is 39.5 Å². The fourth-order valence-corrected chi connectivity index (χ4v) is 11.7. The van der Waals surface area contributed by atoms with Crippen molar-refractivity contribution >= 4 is 39.5 Å². The summed E-state index contributed by atoms with van der Waals surface area (Å²) in [6, 6.07) is 0. The Hall–Kier alpha value is -4.54. The van der Waals surface area contributed by atoms with Crippen LogP contribution >= 0.6 is 15.6 Å². The average molecular weight is 1450 g/mol. The van der Waals surface area contributed by atoms with Gasteiger partial charge in [-0.25, -0.2) is 9.13 Å². The number of carbonyl (C=O) groups excluding carboxylic acids is 4. The number of phosphoric ester groups is 2. The molecule has 0 aromatic rings. The summed E-state index contributed by atoms with van der Waals surface area (Å²) in [5.74, 6) is -2.23. The van der Waals surface area contributed by atoms with E-state index in [0.29, 0.717) is 25.7 Å². The summed E-state index contributed by atoms with van der Waals surface area (Å²) in [4.78, 5) is 72.9. The number of allylic oxidation sites excluding steroid dienone is 20. The highest BCUT2D eigenvalue weighted by molar-refractivity contribution is 7.47. The van der Waals surface area contributed by atoms with Crippen LogP contribution < -0.4 is 0 Å². The number of phosphoric acid groups is 2. The first-order valence-electron chi connectivity index (χ1n) is 38.8. The molecule has 0 aromatic heterocycles. The van der Waals surface area contributed by atoms with Crippen LogP contribution in [0.2, 0.25) is 0 Å². The molecule has 0 fully saturated rings. The van der Waals surface area contributed by atoms with Crippen LogP contribution in [0.15, 0.2) is 122 Å². The Bertz CT molecular complexity index is 2370. The van der Waals surface area contributed by atoms with Gasteiger partial charge in [-0.15, -0.1) is 0 Å². The molecule has 0 saturated heterocycles. The van der Waals surface area contributed by atoms with E-state index in [-0.39, 0.29) is 25.7 Å². The van der Waals surface area contributed by atoms with Crippen molar-refractivity contribution in [1.82, 2.24) is 0 Å². The van der Waals surface area contributed by atoms with Crippen LogP contribution in [0.1, 0.15) is 310 Å². The van der Waals surface area contributed by atoms with Crippen molar-refractivity contribution in [3.05, 3.63) is 122 Å². The Labute approximate surface area is 606 Å². The molecule has 5 atom stereocenters. The number of unbranched alkanes of at least 4 members (excludes halogenated alkanes) is 26. The molecule has 0 aliphatic rings. The van der Waals surface area contributed by atoms with Crippen LogP contribution in [0.3, 0.4) is 0 Å². The minimum atomic E-state index is -4.99. The summed E-state index contributed by atoms with van der Waals surface area (Å²) < 4.78 is 68.5. The van der Waals surface area contributed by atoms with Gasteiger partial charge in [0.05, 0.1) is 26.4 Å². The van der Waals surface area contributed by atoms with Gasteiger partial charge < -0.3 is 33.8 Å². The Kier molecular flexibility index (Phi) is 69.5. The smallest absolute Gasteiger partial charge is 0.462 e. The first-order valence-corrected chi connectivity index (χ1v) is 41.8. The maximum Gasteiger partial charge on any atom is 0.472 e. The van der Waals surface area contributed by atoms with Gasteiger partial charge in [-0.1, -0.05) is 258 Å². The van der Waals surface area contributed by atoms with E-state index < -0.39 is 97.5 Å². The van der Waals surface area contributed by atoms with E-state index in [0.717, 1.165) is 205 Å². The zero-order chi connectivity index (χ0) is 73.2. The highest BCUT2D eigenvalue weighted by atomic mass is 31.2. The fraction of sp³-hybridized carbons (Fsp3) is 0.704. The second-order valence-electron chi connectivity index (χ2n) is 25.5. The van der Waals surface area contributed by atoms with Crippen molar-refractivity contribution in [2.24, 2.45) is 0 Å². The molecule has 0 aliphatic heterocycles. The third-order valence-electron chi connectivity index (χ3n) is 15.9. The zero-order valence-corrected chi connectivity index (χ0v) is 64.4. The monoisotopic (exact) mass is 1440 g/mol. The van der Waals surface area contributed by atoms with Crippen molar-refractivity contribution in [2.75, 3.05) is 39.6 Å². The molecule has 0 aromatic carbocycles. The number of aliphatic hydroxyl groups is 1. The third kappa shape index (κ3) is 71.8. The lowest BCUT2D eigenvalue weighted by Gasteiger charge is -2.21. The normalized spacial score (nSPS) is 14.6. The number of ether oxygens (including phenoxy) is 4. The molecule has 0 aliphatic carbocycles. The lowest BCUT2D eigenvalue weighted by Crippen LogP contribution is -2.30. The second-order valence-corrected chi connectivity index (χ2v) is 28.4. The molecular formula is C81H138O17P2. The third-order valence-corrected chi connectivity index (χ3v) is 17.8. The van der Waals surface area contributed by atoms with Gasteiger partial charge in [0.15, 0.2) is 12.2 Å². The van der Waals surface area contributed by atoms with Crippen LogP contribution in [0.5, 0.6) is 0 Å². The Balaban J connectivity index is 5.38. The maximum atomic E-state index is 13.1. The van der Waals surface area contributed by atoms with Crippen molar-refractivity contribution in [3.63, 3.8) is 0 Å². The summed E-state index contributed by atoms with van der Waals surface area (Å²) in [6.45, 7) is 4.48. The number of aliphatic hydroxyl groups excluding tert-OH is 1. The Morgan fingerprint density at radius 1 is 0.290 bits per heavy atom. The number of carbonyl (C=O) groups is 4. The Morgan fingerprint density at radius 3 is 0.810 bits per heavy atom. The van der Waals surface area contributed by atoms with Crippen molar-refractivity contribution in [3.8, 4) is 0 Å². The lowest BCUT2D eigenvalue weighted by atomic mass is 10.1. The number of esters is 4. The molecule has 3 N–H and O–H groups in total. The summed E-state index contributed by atoms with van der Waals surface area (Å²) in [5, 5.41) is 10.6. The molecule has 574 valence electrons. The quantitative estimate of drug-likeness (QED) is 0.0169. The van der Waals surface area contributed by atoms with Crippen molar-refractivity contribution in [1.29, 1.82) is 0 Å². The minimum Gasteiger partial charge on any atom is -0.462 e. The van der Waals surface area contributed by atoms with E-state index in [1.165, 1.54) is 25.7 Å². The van der Waals surface area contributed by atoms with E-state index >= 15 is 0 Å². The number of rotatable bonds is 72. The molecule has 0 heterocycles. The van der Waals surface area contributed by atoms with Gasteiger partial charge in [0.2, 0.25) is 0 Å². The molecule has 0 rings (SSSR count). The maximum absolute atomic E-state index is 13.1. The van der Waals surface area contributed by atoms with Crippen LogP contribution in [0, 0.1) is 0 Å². The molecule has 19 heteroatoms. The van der Waals surface area contributed by atoms with Crippen LogP contribution in [0.25, 0.3) is 0 Å². The predicted molar refractivity (Wildman–Crippen MR) is 408 cm³/mol. The summed E-state index contributed by atoms with van der Waals surface area (Å²) in [6.07, 6.45) is 78.9. The summed E-state index contributed by atoms with van der Waals surface area (Å²) in [5.41, 5.74) is 0. The summed E-state index contributed by atoms with van der Waals surface area (Å²) in [7, 11) is -9.97. The van der Waals surface area contributed by atoms with Gasteiger partial charge in [0.25, 0.3) is 0 Å². The van der Waals surface area contributed by atoms with Gasteiger partial charge in [0.1, 0.15) is 19.3 Å². The van der Waals surface area contributed by atoms with E-state index in [9.17, 15) is 43.2 Å². The van der Waals surface area contributed by atoms with Crippen LogP contribution in [-0.4, -0.2) is 96.7 Å². The first-order chi connectivity index (χ1) is 48.7. The average Bonchev–Trinajstić information content (AvgIpc) is 1.06. The van der Waals surface area contributed by atoms with Crippen LogP contribution in [-0.2, 0) is 65.4 Å². The molecule has 17 nitrogen and oxygen atoms in total. The molecule has 5 unspecified atom stereocenters. The second kappa shape index (κ2) is 72.8. The van der Waals surface area contributed by atoms with Crippen LogP contribution in [0.4, 0.5) is 0 Å². The largest absolute Gasteiger partial charge is 0.472 e. The topological polar surface area (TPSA) is 237 Å². The van der Waals surface area contributed by atoms with Crippen molar-refractivity contribution < 1.29 is 80.2 Å². The molecule has 100 heavy (non-hydrogen) atoms. The van der Waals surface area contributed by atoms with E-state index in [4.69, 9.17) is 37.0 Å². The standard InChI is InChI=1S/C81H138O17P2/c1-5-9-13-17-21-25-29-33-36-37-40-43-46-50-54-58-62-66-79(84)92-72-77(98-81(86)68-64-60-56-52-48-44-39-35-31-27-23-19-15-11-7-3)74-96-100(89,90)94-70-75(82)69-93-99(87,88)95-73-76(97-80(85)67-63-59-55-51-47-41-32-28-24-20-16-12-8-4)71-91-78(83)65-61-57-53-49-45-42-38-34-30-26-22-18-14-10-6-2/h9-11,13-15,21-23,25-28,32-36,38-39,75-77,82H,5-8,12,16-20,24,29-31,37,40-74H2,1-4H3,(H,87,88)(H,89,90)/b13-9-,14-10-,15-11-,25-21-,26-22-,27-23-,32-28-,36-33-,38-34-,39-35-. The molecule has 0 amide bonds. The SMILES string of the molecule is CC/C=C\C/C=C\C/C=C\CCCCCCCCCC(=O)OCC(COP(=O)(O)OCC(O)COP(=O)(O)OCC(COC(=O)CCCCCCC/C=C\C/C=C\C/C=C\CC)OC(=O)CCCCCCC/C=C\CCCCCC)OC(=O)CCCCCCC/C=C\C/C=C\C/C=C\CC. The van der Waals surface area contributed by atoms with Crippen molar-refractivity contribution in [2.45, 2.75) is 329 Å². The number of hydrogen-bond acceptors (Lipinski definition) is 15. The highest BCUT2D eigenvalue weighted by Crippen LogP contribution is 2.45. The predicted octanol–water partition coefficient (Wildman–Crippen LogP) is 22.3. The molecule has 0 saturated carbocycles. The van der Waals surface area contributed by atoms with E-state index in [2.05, 4.69) is 149 Å². The molecular weight excluding hydrogens is 1310 g/mol. The minimum absolute atomic E-state index is 0.0708. The Morgan fingerprint density at radius 2 is 0.520 bits per heavy atom. The zero-order valence-electron chi connectivity index (χ0n) is 62.6. The molecule has 0 radical (unpaired) electrons. The van der Waals surface area contributed by atoms with Gasteiger partial charge in [0, 0.05) is 25.7 Å². The highest BCUT2D eigenvalue weighted by Gasteiger charge is 2.30. The lowest BCUT2D eigenvalue weighted by molar-refractivity contribution is -0.161. The first kappa shape index (κ1) is 95.5. The van der Waals surface area contributed by atoms with Gasteiger partial charge in [-0.3, -0.25) is 37.3 Å². The van der Waals surface area contributed by atoms with Gasteiger partial charge in [-0.05, 0) is 148 Å².